The van der Waals surface area contributed by atoms with Gasteiger partial charge in [0.15, 0.2) is 11.6 Å². The number of hydrogen-bond acceptors (Lipinski definition) is 11. The number of rotatable bonds is 22. The number of allylic oxidation sites excluding steroid dienone is 2. The highest BCUT2D eigenvalue weighted by Gasteiger charge is 2.45. The third-order valence-corrected chi connectivity index (χ3v) is 12.6. The van der Waals surface area contributed by atoms with Gasteiger partial charge >= 0.3 is 0 Å². The third-order valence-electron chi connectivity index (χ3n) is 12.6. The van der Waals surface area contributed by atoms with Crippen LogP contribution in [-0.2, 0) is 9.59 Å². The summed E-state index contributed by atoms with van der Waals surface area (Å²) in [4.78, 5) is 86.9. The smallest absolute Gasteiger partial charge is 0.264 e. The van der Waals surface area contributed by atoms with E-state index in [0.717, 1.165) is 93.6 Å². The Labute approximate surface area is 369 Å². The van der Waals surface area contributed by atoms with Crippen LogP contribution in [0, 0.1) is 0 Å². The number of anilines is 2. The van der Waals surface area contributed by atoms with Crippen LogP contribution in [0.15, 0.2) is 85.2 Å². The molecule has 332 valence electrons. The maximum Gasteiger partial charge on any atom is 0.264 e. The molecule has 63 heavy (non-hydrogen) atoms. The van der Waals surface area contributed by atoms with Gasteiger partial charge in [0, 0.05) is 81.8 Å². The van der Waals surface area contributed by atoms with Gasteiger partial charge in [-0.3, -0.25) is 33.7 Å². The number of phenols is 1. The van der Waals surface area contributed by atoms with Crippen LogP contribution in [0.4, 0.5) is 11.5 Å². The molecule has 0 spiro atoms. The maximum atomic E-state index is 13.3. The number of nitrogens with one attached hydrogen (secondary N) is 3. The number of para-hydroxylation sites is 1. The first-order valence-electron chi connectivity index (χ1n) is 22.6. The Morgan fingerprint density at radius 3 is 2.29 bits per heavy atom. The number of aromatic hydroxyl groups is 1. The number of unbranched alkanes of at least 4 members (excludes halogenated alkanes) is 7. The molecule has 4 heterocycles. The number of fused-ring (bicyclic) bond motifs is 3. The van der Waals surface area contributed by atoms with Crippen LogP contribution in [-0.4, -0.2) is 106 Å². The second kappa shape index (κ2) is 21.2. The lowest BCUT2D eigenvalue weighted by molar-refractivity contribution is -0.123. The molecule has 4 N–H and O–H groups in total. The number of amides is 4. The first-order valence-corrected chi connectivity index (χ1v) is 22.6. The highest BCUT2D eigenvalue weighted by Crippen LogP contribution is 2.36. The molecule has 3 fully saturated rings. The van der Waals surface area contributed by atoms with Crippen LogP contribution in [0.5, 0.6) is 5.75 Å². The Balaban J connectivity index is 0.684. The average molecular weight is 858 g/mol. The molecular weight excluding hydrogens is 799 g/mol. The Kier molecular flexibility index (Phi) is 15.0. The Morgan fingerprint density at radius 1 is 0.810 bits per heavy atom. The van der Waals surface area contributed by atoms with Gasteiger partial charge in [-0.1, -0.05) is 62.5 Å². The van der Waals surface area contributed by atoms with Gasteiger partial charge in [-0.05, 0) is 81.3 Å². The van der Waals surface area contributed by atoms with Crippen LogP contribution in [0.1, 0.15) is 131 Å². The Morgan fingerprint density at radius 2 is 1.56 bits per heavy atom. The van der Waals surface area contributed by atoms with Crippen molar-refractivity contribution in [2.75, 3.05) is 42.9 Å². The van der Waals surface area contributed by atoms with Gasteiger partial charge in [0.2, 0.25) is 5.91 Å². The maximum absolute atomic E-state index is 13.3. The fourth-order valence-electron chi connectivity index (χ4n) is 9.14. The van der Waals surface area contributed by atoms with E-state index in [1.54, 1.807) is 42.6 Å². The monoisotopic (exact) mass is 857 g/mol. The summed E-state index contributed by atoms with van der Waals surface area (Å²) in [5, 5.41) is 19.3. The van der Waals surface area contributed by atoms with Crippen LogP contribution < -0.4 is 20.9 Å². The molecule has 2 saturated heterocycles. The molecule has 4 aliphatic rings. The Bertz CT molecular complexity index is 2220. The molecule has 14 nitrogen and oxygen atoms in total. The standard InChI is InChI=1S/C49H59N7O7/c1-33-19-21-40(43(59)28-33)56-48(62)38-15-13-16-39(46(38)49(56)63)50-24-10-4-2-3-7-18-45(60)51-25-11-5-6-12-26-52-47(61)34-20-22-44(53-30-34)55-32-35-29-36(55)31-54(35)27-23-42(58)37-14-8-9-17-41(37)57/h8-9,13-17,20,22-23,27,30,35-36,40,50,57H,1-7,10-12,18-19,21,24-26,28-29,31-32H2,(H,51,60)(H,52,61)/b27-23+/t35-,36-,40?/m1/s1. The van der Waals surface area contributed by atoms with Gasteiger partial charge in [0.05, 0.1) is 28.3 Å². The molecule has 4 amide bonds. The zero-order valence-corrected chi connectivity index (χ0v) is 36.0. The summed E-state index contributed by atoms with van der Waals surface area (Å²) in [6.07, 6.45) is 16.0. The minimum atomic E-state index is -0.728. The molecule has 7 rings (SSSR count). The number of carbonyl (C=O) groups excluding carboxylic acids is 6. The van der Waals surface area contributed by atoms with Crippen molar-refractivity contribution < 1.29 is 33.9 Å². The summed E-state index contributed by atoms with van der Waals surface area (Å²) >= 11 is 0. The summed E-state index contributed by atoms with van der Waals surface area (Å²) in [7, 11) is 0. The molecule has 1 aromatic heterocycles. The van der Waals surface area contributed by atoms with Gasteiger partial charge < -0.3 is 30.9 Å². The van der Waals surface area contributed by atoms with Crippen molar-refractivity contribution in [3.8, 4) is 5.75 Å². The normalized spacial score (nSPS) is 19.3. The number of pyridine rings is 1. The second-order valence-electron chi connectivity index (χ2n) is 17.1. The van der Waals surface area contributed by atoms with Gasteiger partial charge in [0.25, 0.3) is 17.7 Å². The average Bonchev–Trinajstić information content (AvgIpc) is 3.96. The summed E-state index contributed by atoms with van der Waals surface area (Å²) in [5.74, 6) is -0.429. The van der Waals surface area contributed by atoms with Crippen LogP contribution in [0.3, 0.4) is 0 Å². The van der Waals surface area contributed by atoms with Crippen molar-refractivity contribution in [1.29, 1.82) is 0 Å². The van der Waals surface area contributed by atoms with Gasteiger partial charge in [-0.2, -0.15) is 0 Å². The molecular formula is C49H59N7O7. The summed E-state index contributed by atoms with van der Waals surface area (Å²) in [6.45, 7) is 7.30. The summed E-state index contributed by atoms with van der Waals surface area (Å²) < 4.78 is 0. The van der Waals surface area contributed by atoms with E-state index in [0.29, 0.717) is 61.3 Å². The predicted octanol–water partition coefficient (Wildman–Crippen LogP) is 6.58. The first kappa shape index (κ1) is 44.7. The van der Waals surface area contributed by atoms with Crippen molar-refractivity contribution in [2.24, 2.45) is 0 Å². The third kappa shape index (κ3) is 11.0. The van der Waals surface area contributed by atoms with E-state index >= 15 is 0 Å². The summed E-state index contributed by atoms with van der Waals surface area (Å²) in [5.41, 5.74) is 2.96. The van der Waals surface area contributed by atoms with E-state index in [9.17, 15) is 33.9 Å². The van der Waals surface area contributed by atoms with Crippen molar-refractivity contribution in [2.45, 2.75) is 108 Å². The van der Waals surface area contributed by atoms with E-state index in [4.69, 9.17) is 0 Å². The molecule has 3 aromatic rings. The number of hydrogen-bond donors (Lipinski definition) is 4. The SMILES string of the molecule is C=C1CCC(N2C(=O)c3cccc(NCCCCCCCC(=O)NCCCCCCNC(=O)c4ccc(N5C[C@H]6C[C@@H]5CN6/C=C/C(=O)c5ccccc5O)nc4)c3C2=O)C(=O)C1. The molecule has 1 unspecified atom stereocenters. The molecule has 3 aliphatic heterocycles. The molecule has 2 aromatic carbocycles. The highest BCUT2D eigenvalue weighted by molar-refractivity contribution is 6.25. The van der Waals surface area contributed by atoms with E-state index < -0.39 is 17.9 Å². The van der Waals surface area contributed by atoms with Crippen LogP contribution >= 0.6 is 0 Å². The lowest BCUT2D eigenvalue weighted by Gasteiger charge is -2.34. The van der Waals surface area contributed by atoms with E-state index in [2.05, 4.69) is 37.3 Å². The molecule has 14 heteroatoms. The number of nitrogens with zero attached hydrogens (tertiary/aromatic N) is 4. The van der Waals surface area contributed by atoms with Crippen LogP contribution in [0.2, 0.25) is 0 Å². The van der Waals surface area contributed by atoms with Gasteiger partial charge in [-0.15, -0.1) is 0 Å². The first-order chi connectivity index (χ1) is 30.6. The number of Topliss-reactive ketones (excluding diaryl/α,β-unsaturated/α-hetero) is 1. The minimum Gasteiger partial charge on any atom is -0.507 e. The quantitative estimate of drug-likeness (QED) is 0.0282. The van der Waals surface area contributed by atoms with E-state index in [1.165, 1.54) is 12.1 Å². The number of imide groups is 1. The molecule has 1 saturated carbocycles. The Hall–Kier alpha value is -6.31. The van der Waals surface area contributed by atoms with Crippen LogP contribution in [0.25, 0.3) is 0 Å². The summed E-state index contributed by atoms with van der Waals surface area (Å²) in [6, 6.07) is 15.3. The fraction of sp³-hybridized carbons (Fsp3) is 0.449. The van der Waals surface area contributed by atoms with E-state index in [-0.39, 0.29) is 53.2 Å². The van der Waals surface area contributed by atoms with Crippen molar-refractivity contribution in [3.05, 3.63) is 107 Å². The predicted molar refractivity (Wildman–Crippen MR) is 241 cm³/mol. The number of phenolic OH excluding ortho intramolecular Hbond substituents is 1. The van der Waals surface area contributed by atoms with Crippen molar-refractivity contribution >= 4 is 46.7 Å². The lowest BCUT2D eigenvalue weighted by atomic mass is 9.89. The van der Waals surface area contributed by atoms with E-state index in [1.807, 2.05) is 18.3 Å². The highest BCUT2D eigenvalue weighted by atomic mass is 16.3. The number of likely N-dealkylation sites (tertiary alicyclic amines) is 1. The molecule has 0 radical (unpaired) electrons. The molecule has 2 bridgehead atoms. The number of benzene rings is 2. The second-order valence-corrected chi connectivity index (χ2v) is 17.1. The fourth-order valence-corrected chi connectivity index (χ4v) is 9.14. The van der Waals surface area contributed by atoms with Gasteiger partial charge in [-0.25, -0.2) is 4.98 Å². The molecule has 3 atom stereocenters. The zero-order chi connectivity index (χ0) is 44.3. The largest absolute Gasteiger partial charge is 0.507 e. The number of carbonyl (C=O) groups is 6. The lowest BCUT2D eigenvalue weighted by Crippen LogP contribution is -2.46. The molecule has 1 aliphatic carbocycles. The van der Waals surface area contributed by atoms with Crippen molar-refractivity contribution in [3.63, 3.8) is 0 Å². The van der Waals surface area contributed by atoms with Crippen molar-refractivity contribution in [1.82, 2.24) is 25.4 Å². The number of piperazine rings is 1. The minimum absolute atomic E-state index is 0.0217. The zero-order valence-electron chi connectivity index (χ0n) is 36.0. The number of aromatic nitrogens is 1. The number of ketones is 2. The topological polar surface area (TPSA) is 181 Å². The van der Waals surface area contributed by atoms with Gasteiger partial charge in [0.1, 0.15) is 11.6 Å².